The molecule has 1 aliphatic rings. The van der Waals surface area contributed by atoms with Crippen LogP contribution in [0, 0.1) is 11.3 Å². The van der Waals surface area contributed by atoms with E-state index in [-0.39, 0.29) is 18.6 Å². The van der Waals surface area contributed by atoms with Crippen molar-refractivity contribution in [2.24, 2.45) is 0 Å². The van der Waals surface area contributed by atoms with Crippen LogP contribution >= 0.6 is 0 Å². The Kier molecular flexibility index (Phi) is 5.97. The van der Waals surface area contributed by atoms with Gasteiger partial charge in [0.05, 0.1) is 11.6 Å². The molecular formula is C20H18N2O6. The second-order valence-electron chi connectivity index (χ2n) is 5.96. The molecule has 2 aromatic carbocycles. The van der Waals surface area contributed by atoms with Crippen LogP contribution < -0.4 is 19.5 Å². The third-order valence-electron chi connectivity index (χ3n) is 3.99. The Bertz CT molecular complexity index is 921. The number of carbonyl (C=O) groups excluding carboxylic acids is 2. The number of nitrogens with one attached hydrogen (secondary N) is 1. The van der Waals surface area contributed by atoms with Crippen LogP contribution in [0.4, 0.5) is 0 Å². The van der Waals surface area contributed by atoms with E-state index in [2.05, 4.69) is 5.32 Å². The monoisotopic (exact) mass is 382 g/mol. The van der Waals surface area contributed by atoms with Crippen LogP contribution in [0.5, 0.6) is 17.2 Å². The number of ether oxygens (including phenoxy) is 4. The lowest BCUT2D eigenvalue weighted by Gasteiger charge is -2.15. The molecule has 1 N–H and O–H groups in total. The van der Waals surface area contributed by atoms with Gasteiger partial charge in [-0.2, -0.15) is 5.26 Å². The first-order valence-corrected chi connectivity index (χ1v) is 8.53. The van der Waals surface area contributed by atoms with Gasteiger partial charge in [0.15, 0.2) is 24.7 Å². The summed E-state index contributed by atoms with van der Waals surface area (Å²) in [6.45, 7) is 1.15. The third kappa shape index (κ3) is 4.71. The third-order valence-corrected chi connectivity index (χ3v) is 3.99. The standard InChI is InChI=1S/C20H18N2O6/c1-13(14-6-7-17-18(8-14)28-12-27-17)22-19(23)10-26-20(24)11-25-16-5-3-2-4-15(16)9-21/h2-8,13H,10-12H2,1H3,(H,22,23)/t13-/m1/s1. The molecule has 2 aromatic rings. The lowest BCUT2D eigenvalue weighted by molar-refractivity contribution is -0.150. The zero-order chi connectivity index (χ0) is 19.9. The predicted molar refractivity (Wildman–Crippen MR) is 96.7 cm³/mol. The van der Waals surface area contributed by atoms with Crippen LogP contribution in [0.1, 0.15) is 24.1 Å². The number of carbonyl (C=O) groups is 2. The number of hydrogen-bond acceptors (Lipinski definition) is 7. The van der Waals surface area contributed by atoms with Gasteiger partial charge in [0.25, 0.3) is 5.91 Å². The molecule has 28 heavy (non-hydrogen) atoms. The van der Waals surface area contributed by atoms with E-state index in [0.29, 0.717) is 17.1 Å². The highest BCUT2D eigenvalue weighted by atomic mass is 16.7. The first kappa shape index (κ1) is 19.0. The van der Waals surface area contributed by atoms with Crippen molar-refractivity contribution in [3.63, 3.8) is 0 Å². The van der Waals surface area contributed by atoms with Gasteiger partial charge >= 0.3 is 5.97 Å². The molecule has 8 nitrogen and oxygen atoms in total. The zero-order valence-electron chi connectivity index (χ0n) is 15.1. The molecule has 0 saturated carbocycles. The predicted octanol–water partition coefficient (Wildman–Crippen LogP) is 2.09. The summed E-state index contributed by atoms with van der Waals surface area (Å²) in [5, 5.41) is 11.7. The number of para-hydroxylation sites is 1. The average Bonchev–Trinajstić information content (AvgIpc) is 3.18. The van der Waals surface area contributed by atoms with Gasteiger partial charge in [0, 0.05) is 0 Å². The van der Waals surface area contributed by atoms with Gasteiger partial charge in [-0.15, -0.1) is 0 Å². The number of nitrogens with zero attached hydrogens (tertiary/aromatic N) is 1. The minimum atomic E-state index is -0.710. The molecule has 3 rings (SSSR count). The molecule has 0 bridgehead atoms. The summed E-state index contributed by atoms with van der Waals surface area (Å²) < 4.78 is 20.7. The molecule has 0 aliphatic carbocycles. The van der Waals surface area contributed by atoms with Gasteiger partial charge in [-0.3, -0.25) is 4.79 Å². The van der Waals surface area contributed by atoms with Crippen molar-refractivity contribution in [1.82, 2.24) is 5.32 Å². The molecule has 1 heterocycles. The maximum absolute atomic E-state index is 12.0. The van der Waals surface area contributed by atoms with Gasteiger partial charge in [-0.1, -0.05) is 18.2 Å². The van der Waals surface area contributed by atoms with Crippen LogP contribution in [0.3, 0.4) is 0 Å². The first-order chi connectivity index (χ1) is 13.6. The summed E-state index contributed by atoms with van der Waals surface area (Å²) in [5.41, 5.74) is 1.14. The lowest BCUT2D eigenvalue weighted by atomic mass is 10.1. The fourth-order valence-electron chi connectivity index (χ4n) is 2.56. The van der Waals surface area contributed by atoms with Crippen molar-refractivity contribution in [1.29, 1.82) is 5.26 Å². The molecule has 0 aromatic heterocycles. The maximum Gasteiger partial charge on any atom is 0.344 e. The number of rotatable bonds is 7. The zero-order valence-corrected chi connectivity index (χ0v) is 15.1. The first-order valence-electron chi connectivity index (χ1n) is 8.53. The number of benzene rings is 2. The number of esters is 1. The van der Waals surface area contributed by atoms with E-state index in [1.54, 1.807) is 43.3 Å². The van der Waals surface area contributed by atoms with E-state index in [1.165, 1.54) is 0 Å². The Morgan fingerprint density at radius 3 is 2.79 bits per heavy atom. The lowest BCUT2D eigenvalue weighted by Crippen LogP contribution is -2.32. The highest BCUT2D eigenvalue weighted by molar-refractivity contribution is 5.81. The van der Waals surface area contributed by atoms with Gasteiger partial charge in [0.2, 0.25) is 6.79 Å². The summed E-state index contributed by atoms with van der Waals surface area (Å²) >= 11 is 0. The maximum atomic E-state index is 12.0. The summed E-state index contributed by atoms with van der Waals surface area (Å²) in [6.07, 6.45) is 0. The molecule has 144 valence electrons. The number of hydrogen-bond donors (Lipinski definition) is 1. The quantitative estimate of drug-likeness (QED) is 0.731. The van der Waals surface area contributed by atoms with Crippen LogP contribution in [-0.4, -0.2) is 31.9 Å². The highest BCUT2D eigenvalue weighted by Crippen LogP contribution is 2.34. The van der Waals surface area contributed by atoms with Crippen molar-refractivity contribution in [2.45, 2.75) is 13.0 Å². The average molecular weight is 382 g/mol. The van der Waals surface area contributed by atoms with Crippen molar-refractivity contribution >= 4 is 11.9 Å². The summed E-state index contributed by atoms with van der Waals surface area (Å²) in [6, 6.07) is 13.6. The number of amides is 1. The van der Waals surface area contributed by atoms with Gasteiger partial charge in [-0.05, 0) is 36.8 Å². The van der Waals surface area contributed by atoms with Crippen LogP contribution in [0.25, 0.3) is 0 Å². The molecule has 0 radical (unpaired) electrons. The SMILES string of the molecule is C[C@@H](NC(=O)COC(=O)COc1ccccc1C#N)c1ccc2c(c1)OCO2. The van der Waals surface area contributed by atoms with Crippen molar-refractivity contribution < 1.29 is 28.5 Å². The molecule has 1 amide bonds. The Balaban J connectivity index is 1.43. The molecular weight excluding hydrogens is 364 g/mol. The molecule has 1 aliphatic heterocycles. The van der Waals surface area contributed by atoms with E-state index in [9.17, 15) is 9.59 Å². The highest BCUT2D eigenvalue weighted by Gasteiger charge is 2.17. The topological polar surface area (TPSA) is 107 Å². The number of nitriles is 1. The molecule has 0 saturated heterocycles. The van der Waals surface area contributed by atoms with E-state index in [0.717, 1.165) is 5.56 Å². The normalized spacial score (nSPS) is 12.6. The van der Waals surface area contributed by atoms with Crippen molar-refractivity contribution in [3.8, 4) is 23.3 Å². The molecule has 1 atom stereocenters. The molecule has 0 unspecified atom stereocenters. The van der Waals surface area contributed by atoms with Gasteiger partial charge < -0.3 is 24.3 Å². The summed E-state index contributed by atoms with van der Waals surface area (Å²) in [4.78, 5) is 23.8. The minimum absolute atomic E-state index is 0.177. The van der Waals surface area contributed by atoms with E-state index in [1.807, 2.05) is 12.1 Å². The van der Waals surface area contributed by atoms with Crippen LogP contribution in [0.2, 0.25) is 0 Å². The summed E-state index contributed by atoms with van der Waals surface area (Å²) in [7, 11) is 0. The Hall–Kier alpha value is -3.73. The molecule has 0 spiro atoms. The smallest absolute Gasteiger partial charge is 0.344 e. The molecule has 0 fully saturated rings. The molecule has 8 heteroatoms. The second kappa shape index (κ2) is 8.77. The van der Waals surface area contributed by atoms with Gasteiger partial charge in [0.1, 0.15) is 11.8 Å². The van der Waals surface area contributed by atoms with Gasteiger partial charge in [-0.25, -0.2) is 4.79 Å². The van der Waals surface area contributed by atoms with Crippen LogP contribution in [0.15, 0.2) is 42.5 Å². The van der Waals surface area contributed by atoms with Crippen LogP contribution in [-0.2, 0) is 14.3 Å². The van der Waals surface area contributed by atoms with E-state index in [4.69, 9.17) is 24.2 Å². The summed E-state index contributed by atoms with van der Waals surface area (Å²) in [5.74, 6) is 0.409. The van der Waals surface area contributed by atoms with E-state index >= 15 is 0 Å². The number of fused-ring (bicyclic) bond motifs is 1. The Morgan fingerprint density at radius 1 is 1.18 bits per heavy atom. The second-order valence-corrected chi connectivity index (χ2v) is 5.96. The van der Waals surface area contributed by atoms with E-state index < -0.39 is 25.1 Å². The fraction of sp³-hybridized carbons (Fsp3) is 0.250. The largest absolute Gasteiger partial charge is 0.481 e. The fourth-order valence-corrected chi connectivity index (χ4v) is 2.56. The minimum Gasteiger partial charge on any atom is -0.481 e. The van der Waals surface area contributed by atoms with Crippen molar-refractivity contribution in [2.75, 3.05) is 20.0 Å². The Morgan fingerprint density at radius 2 is 1.96 bits per heavy atom. The van der Waals surface area contributed by atoms with Crippen molar-refractivity contribution in [3.05, 3.63) is 53.6 Å². The Labute approximate surface area is 161 Å².